The van der Waals surface area contributed by atoms with E-state index in [4.69, 9.17) is 9.47 Å². The molecule has 9 heteroatoms. The molecule has 0 saturated carbocycles. The van der Waals surface area contributed by atoms with Crippen molar-refractivity contribution in [2.24, 2.45) is 0 Å². The zero-order valence-corrected chi connectivity index (χ0v) is 15.3. The van der Waals surface area contributed by atoms with Gasteiger partial charge in [-0.2, -0.15) is 26.3 Å². The minimum absolute atomic E-state index is 0.0989. The van der Waals surface area contributed by atoms with Crippen LogP contribution in [-0.4, -0.2) is 19.4 Å². The zero-order chi connectivity index (χ0) is 21.2. The highest BCUT2D eigenvalue weighted by atomic mass is 19.4. The lowest BCUT2D eigenvalue weighted by Gasteiger charge is -2.34. The van der Waals surface area contributed by atoms with E-state index in [1.165, 1.54) is 6.92 Å². The van der Waals surface area contributed by atoms with Gasteiger partial charge in [0.15, 0.2) is 6.29 Å². The average molecular weight is 419 g/mol. The zero-order valence-electron chi connectivity index (χ0n) is 15.3. The molecule has 158 valence electrons. The third-order valence-corrected chi connectivity index (χ3v) is 4.60. The number of halogens is 6. The van der Waals surface area contributed by atoms with Gasteiger partial charge in [-0.3, -0.25) is 0 Å². The first kappa shape index (κ1) is 21.6. The van der Waals surface area contributed by atoms with Crippen LogP contribution in [0.15, 0.2) is 48.5 Å². The summed E-state index contributed by atoms with van der Waals surface area (Å²) in [6.45, 7) is 2.24. The van der Waals surface area contributed by atoms with E-state index >= 15 is 0 Å². The number of nitrogens with one attached hydrogen (secondary N) is 1. The van der Waals surface area contributed by atoms with Crippen LogP contribution < -0.4 is 5.32 Å². The molecular weight excluding hydrogens is 400 g/mol. The maximum Gasteiger partial charge on any atom is 0.416 e. The Morgan fingerprint density at radius 3 is 2.10 bits per heavy atom. The summed E-state index contributed by atoms with van der Waals surface area (Å²) in [5.74, 6) is 0. The van der Waals surface area contributed by atoms with Gasteiger partial charge in [0.1, 0.15) is 0 Å². The molecule has 1 aliphatic rings. The molecule has 3 rings (SSSR count). The smallest absolute Gasteiger partial charge is 0.349 e. The quantitative estimate of drug-likeness (QED) is 0.665. The van der Waals surface area contributed by atoms with Crippen LogP contribution >= 0.6 is 0 Å². The van der Waals surface area contributed by atoms with E-state index in [1.807, 2.05) is 30.3 Å². The summed E-state index contributed by atoms with van der Waals surface area (Å²) >= 11 is 0. The molecule has 3 nitrogen and oxygen atoms in total. The molecule has 0 amide bonds. The van der Waals surface area contributed by atoms with Crippen molar-refractivity contribution in [3.8, 4) is 0 Å². The predicted octanol–water partition coefficient (Wildman–Crippen LogP) is 5.49. The number of ether oxygens (including phenoxy) is 2. The standard InChI is InChI=1S/C20H19F6NO2/c1-12(14-9-15(19(21,22)23)11-16(10-14)20(24,25)26)29-18-17(27-7-8-28-18)13-5-3-2-4-6-13/h2-6,9-12,17-18,27H,7-8H2,1H3/t12-,17+,18+/m0/s1. The summed E-state index contributed by atoms with van der Waals surface area (Å²) in [4.78, 5) is 0. The molecule has 1 heterocycles. The van der Waals surface area contributed by atoms with Gasteiger partial charge < -0.3 is 14.8 Å². The summed E-state index contributed by atoms with van der Waals surface area (Å²) in [7, 11) is 0. The monoisotopic (exact) mass is 419 g/mol. The van der Waals surface area contributed by atoms with Crippen LogP contribution in [0.2, 0.25) is 0 Å². The Labute approximate surface area is 163 Å². The highest BCUT2D eigenvalue weighted by Gasteiger charge is 2.38. The number of morpholine rings is 1. The third kappa shape index (κ3) is 5.29. The summed E-state index contributed by atoms with van der Waals surface area (Å²) in [6.07, 6.45) is -11.8. The molecule has 1 fully saturated rings. The fraction of sp³-hybridized carbons (Fsp3) is 0.400. The van der Waals surface area contributed by atoms with Crippen molar-refractivity contribution >= 4 is 0 Å². The van der Waals surface area contributed by atoms with Crippen molar-refractivity contribution in [2.75, 3.05) is 13.2 Å². The Morgan fingerprint density at radius 1 is 0.966 bits per heavy atom. The molecule has 2 aromatic rings. The van der Waals surface area contributed by atoms with Gasteiger partial charge in [0.25, 0.3) is 0 Å². The minimum Gasteiger partial charge on any atom is -0.349 e. The maximum absolute atomic E-state index is 13.1. The molecule has 0 bridgehead atoms. The number of rotatable bonds is 4. The first-order valence-corrected chi connectivity index (χ1v) is 8.90. The highest BCUT2D eigenvalue weighted by Crippen LogP contribution is 2.38. The van der Waals surface area contributed by atoms with E-state index < -0.39 is 41.9 Å². The molecule has 1 N–H and O–H groups in total. The van der Waals surface area contributed by atoms with E-state index in [9.17, 15) is 26.3 Å². The molecule has 1 aliphatic heterocycles. The van der Waals surface area contributed by atoms with Crippen molar-refractivity contribution in [3.05, 3.63) is 70.8 Å². The predicted molar refractivity (Wildman–Crippen MR) is 92.9 cm³/mol. The van der Waals surface area contributed by atoms with Gasteiger partial charge in [-0.25, -0.2) is 0 Å². The normalized spacial score (nSPS) is 21.8. The van der Waals surface area contributed by atoms with Crippen LogP contribution in [0.5, 0.6) is 0 Å². The Morgan fingerprint density at radius 2 is 1.55 bits per heavy atom. The van der Waals surface area contributed by atoms with Crippen molar-refractivity contribution in [3.63, 3.8) is 0 Å². The Balaban J connectivity index is 1.88. The lowest BCUT2D eigenvalue weighted by Crippen LogP contribution is -2.43. The lowest BCUT2D eigenvalue weighted by atomic mass is 10.0. The molecule has 0 aliphatic carbocycles. The number of alkyl halides is 6. The molecule has 1 saturated heterocycles. The van der Waals surface area contributed by atoms with Crippen LogP contribution in [0, 0.1) is 0 Å². The number of hydrogen-bond acceptors (Lipinski definition) is 3. The molecule has 2 aromatic carbocycles. The fourth-order valence-corrected chi connectivity index (χ4v) is 3.13. The number of hydrogen-bond donors (Lipinski definition) is 1. The minimum atomic E-state index is -4.91. The van der Waals surface area contributed by atoms with E-state index in [0.29, 0.717) is 25.3 Å². The second-order valence-electron chi connectivity index (χ2n) is 6.70. The second-order valence-corrected chi connectivity index (χ2v) is 6.70. The Bertz CT molecular complexity index is 790. The molecular formula is C20H19F6NO2. The second kappa shape index (κ2) is 8.33. The van der Waals surface area contributed by atoms with Crippen LogP contribution in [0.1, 0.15) is 41.3 Å². The molecule has 3 atom stereocenters. The number of benzene rings is 2. The van der Waals surface area contributed by atoms with Crippen LogP contribution in [0.25, 0.3) is 0 Å². The maximum atomic E-state index is 13.1. The molecule has 0 radical (unpaired) electrons. The first-order valence-electron chi connectivity index (χ1n) is 8.90. The SMILES string of the molecule is C[C@H](O[C@H]1OCCN[C@@H]1c1ccccc1)c1cc(C(F)(F)F)cc(C(F)(F)F)c1. The van der Waals surface area contributed by atoms with Crippen molar-refractivity contribution < 1.29 is 35.8 Å². The molecule has 0 spiro atoms. The van der Waals surface area contributed by atoms with Gasteiger partial charge in [-0.15, -0.1) is 0 Å². The van der Waals surface area contributed by atoms with E-state index in [2.05, 4.69) is 5.32 Å². The van der Waals surface area contributed by atoms with Crippen molar-refractivity contribution in [1.82, 2.24) is 5.32 Å². The molecule has 29 heavy (non-hydrogen) atoms. The van der Waals surface area contributed by atoms with E-state index in [-0.39, 0.29) is 11.6 Å². The van der Waals surface area contributed by atoms with E-state index in [0.717, 1.165) is 5.56 Å². The molecule has 0 aromatic heterocycles. The fourth-order valence-electron chi connectivity index (χ4n) is 3.13. The summed E-state index contributed by atoms with van der Waals surface area (Å²) in [5, 5.41) is 3.20. The van der Waals surface area contributed by atoms with Gasteiger partial charge in [-0.1, -0.05) is 30.3 Å². The summed E-state index contributed by atoms with van der Waals surface area (Å²) in [6, 6.07) is 10.2. The largest absolute Gasteiger partial charge is 0.416 e. The van der Waals surface area contributed by atoms with Gasteiger partial charge in [0.2, 0.25) is 0 Å². The topological polar surface area (TPSA) is 30.5 Å². The summed E-state index contributed by atoms with van der Waals surface area (Å²) in [5.41, 5.74) is -2.14. The van der Waals surface area contributed by atoms with Crippen LogP contribution in [0.3, 0.4) is 0 Å². The Hall–Kier alpha value is -2.10. The van der Waals surface area contributed by atoms with E-state index in [1.54, 1.807) is 0 Å². The highest BCUT2D eigenvalue weighted by molar-refractivity contribution is 5.34. The van der Waals surface area contributed by atoms with Gasteiger partial charge >= 0.3 is 12.4 Å². The van der Waals surface area contributed by atoms with Crippen LogP contribution in [-0.2, 0) is 21.8 Å². The summed E-state index contributed by atoms with van der Waals surface area (Å²) < 4.78 is 90.0. The van der Waals surface area contributed by atoms with Gasteiger partial charge in [0, 0.05) is 6.54 Å². The van der Waals surface area contributed by atoms with Gasteiger partial charge in [0.05, 0.1) is 29.9 Å². The van der Waals surface area contributed by atoms with Crippen molar-refractivity contribution in [1.29, 1.82) is 0 Å². The van der Waals surface area contributed by atoms with Crippen LogP contribution in [0.4, 0.5) is 26.3 Å². The van der Waals surface area contributed by atoms with Crippen molar-refractivity contribution in [2.45, 2.75) is 37.7 Å². The first-order chi connectivity index (χ1) is 13.6. The third-order valence-electron chi connectivity index (χ3n) is 4.60. The molecule has 0 unspecified atom stereocenters. The average Bonchev–Trinajstić information content (AvgIpc) is 2.67. The lowest BCUT2D eigenvalue weighted by molar-refractivity contribution is -0.200. The van der Waals surface area contributed by atoms with Gasteiger partial charge in [-0.05, 0) is 36.2 Å². The Kier molecular flexibility index (Phi) is 6.21.